The number of methoxy groups -OCH3 is 1. The van der Waals surface area contributed by atoms with Gasteiger partial charge in [0.05, 0.1) is 25.4 Å². The van der Waals surface area contributed by atoms with Gasteiger partial charge in [-0.15, -0.1) is 24.0 Å². The van der Waals surface area contributed by atoms with E-state index in [4.69, 9.17) is 4.74 Å². The zero-order valence-electron chi connectivity index (χ0n) is 17.1. The summed E-state index contributed by atoms with van der Waals surface area (Å²) in [7, 11) is 1.45. The maximum atomic E-state index is 14.0. The Hall–Kier alpha value is -2.36. The van der Waals surface area contributed by atoms with Crippen LogP contribution in [0.15, 0.2) is 47.6 Å². The van der Waals surface area contributed by atoms with Gasteiger partial charge in [0.15, 0.2) is 17.5 Å². The van der Waals surface area contributed by atoms with Gasteiger partial charge in [-0.3, -0.25) is 0 Å². The summed E-state index contributed by atoms with van der Waals surface area (Å²) in [4.78, 5) is 9.24. The molecular formula is C21H27FIN5O. The van der Waals surface area contributed by atoms with Crippen molar-refractivity contribution in [3.63, 3.8) is 0 Å². The lowest BCUT2D eigenvalue weighted by atomic mass is 10.1. The largest absolute Gasteiger partial charge is 0.494 e. The molecule has 2 heterocycles. The van der Waals surface area contributed by atoms with Crippen LogP contribution in [0.3, 0.4) is 0 Å². The molecule has 0 amide bonds. The molecule has 0 aliphatic heterocycles. The molecule has 3 rings (SSSR count). The first-order valence-corrected chi connectivity index (χ1v) is 9.33. The van der Waals surface area contributed by atoms with E-state index in [9.17, 15) is 4.39 Å². The maximum Gasteiger partial charge on any atom is 0.192 e. The molecule has 2 aromatic heterocycles. The molecule has 1 atom stereocenters. The van der Waals surface area contributed by atoms with Crippen molar-refractivity contribution in [3.8, 4) is 5.75 Å². The second kappa shape index (κ2) is 10.4. The van der Waals surface area contributed by atoms with Crippen LogP contribution in [0.1, 0.15) is 36.8 Å². The number of nitrogens with one attached hydrogen (secondary N) is 2. The predicted octanol–water partition coefficient (Wildman–Crippen LogP) is 4.22. The van der Waals surface area contributed by atoms with Gasteiger partial charge in [-0.2, -0.15) is 0 Å². The van der Waals surface area contributed by atoms with Crippen LogP contribution in [-0.2, 0) is 6.54 Å². The Balaban J connectivity index is 0.00000300. The summed E-state index contributed by atoms with van der Waals surface area (Å²) in [5.41, 5.74) is 3.73. The van der Waals surface area contributed by atoms with Gasteiger partial charge in [0.2, 0.25) is 0 Å². The lowest BCUT2D eigenvalue weighted by Crippen LogP contribution is -2.38. The topological polar surface area (TPSA) is 63.0 Å². The van der Waals surface area contributed by atoms with Crippen molar-refractivity contribution in [1.29, 1.82) is 0 Å². The molecule has 1 unspecified atom stereocenters. The number of guanidine groups is 1. The smallest absolute Gasteiger partial charge is 0.192 e. The number of halogens is 2. The van der Waals surface area contributed by atoms with Gasteiger partial charge in [0.1, 0.15) is 5.65 Å². The van der Waals surface area contributed by atoms with Crippen molar-refractivity contribution in [2.75, 3.05) is 13.7 Å². The third kappa shape index (κ3) is 5.59. The Labute approximate surface area is 187 Å². The minimum absolute atomic E-state index is 0. The molecule has 0 spiro atoms. The second-order valence-electron chi connectivity index (χ2n) is 6.58. The van der Waals surface area contributed by atoms with Gasteiger partial charge >= 0.3 is 0 Å². The predicted molar refractivity (Wildman–Crippen MR) is 125 cm³/mol. The van der Waals surface area contributed by atoms with Gasteiger partial charge < -0.3 is 19.8 Å². The molecule has 1 aromatic carbocycles. The summed E-state index contributed by atoms with van der Waals surface area (Å²) >= 11 is 0. The number of pyridine rings is 1. The van der Waals surface area contributed by atoms with Crippen LogP contribution in [0, 0.1) is 12.7 Å². The lowest BCUT2D eigenvalue weighted by Gasteiger charge is -2.18. The average molecular weight is 511 g/mol. The molecule has 0 saturated heterocycles. The number of aliphatic imine (C=N–C) groups is 1. The Morgan fingerprint density at radius 2 is 2.10 bits per heavy atom. The Morgan fingerprint density at radius 1 is 1.31 bits per heavy atom. The molecular weight excluding hydrogens is 484 g/mol. The van der Waals surface area contributed by atoms with E-state index in [2.05, 4.69) is 20.6 Å². The average Bonchev–Trinajstić information content (AvgIpc) is 3.10. The first-order valence-electron chi connectivity index (χ1n) is 9.33. The van der Waals surface area contributed by atoms with E-state index in [1.807, 2.05) is 55.6 Å². The molecule has 3 aromatic rings. The zero-order valence-corrected chi connectivity index (χ0v) is 19.4. The number of rotatable bonds is 6. The summed E-state index contributed by atoms with van der Waals surface area (Å²) in [5.74, 6) is 0.509. The highest BCUT2D eigenvalue weighted by Gasteiger charge is 2.11. The Kier molecular flexibility index (Phi) is 8.24. The lowest BCUT2D eigenvalue weighted by molar-refractivity contribution is 0.386. The summed E-state index contributed by atoms with van der Waals surface area (Å²) < 4.78 is 21.0. The highest BCUT2D eigenvalue weighted by Crippen LogP contribution is 2.21. The number of nitrogens with zero attached hydrogens (tertiary/aromatic N) is 3. The van der Waals surface area contributed by atoms with E-state index in [1.165, 1.54) is 13.2 Å². The third-order valence-electron chi connectivity index (χ3n) is 4.52. The first kappa shape index (κ1) is 22.9. The number of aromatic nitrogens is 2. The summed E-state index contributed by atoms with van der Waals surface area (Å²) in [6, 6.07) is 10.8. The number of hydrogen-bond donors (Lipinski definition) is 2. The van der Waals surface area contributed by atoms with Crippen molar-refractivity contribution in [2.24, 2.45) is 4.99 Å². The minimum atomic E-state index is -0.379. The second-order valence-corrected chi connectivity index (χ2v) is 6.58. The summed E-state index contributed by atoms with van der Waals surface area (Å²) in [6.45, 7) is 7.18. The van der Waals surface area contributed by atoms with Gasteiger partial charge in [0.25, 0.3) is 0 Å². The van der Waals surface area contributed by atoms with Gasteiger partial charge in [0, 0.05) is 18.4 Å². The SMILES string of the molecule is CCNC(=NCc1cn2c(C)cccc2n1)NC(C)c1ccc(OC)c(F)c1.I. The quantitative estimate of drug-likeness (QED) is 0.296. The third-order valence-corrected chi connectivity index (χ3v) is 4.52. The fraction of sp³-hybridized carbons (Fsp3) is 0.333. The van der Waals surface area contributed by atoms with Gasteiger partial charge in [-0.1, -0.05) is 12.1 Å². The van der Waals surface area contributed by atoms with Crippen LogP contribution in [0.2, 0.25) is 0 Å². The monoisotopic (exact) mass is 511 g/mol. The molecule has 8 heteroatoms. The summed E-state index contributed by atoms with van der Waals surface area (Å²) in [5, 5.41) is 6.53. The van der Waals surface area contributed by atoms with Crippen LogP contribution >= 0.6 is 24.0 Å². The maximum absolute atomic E-state index is 14.0. The molecule has 0 radical (unpaired) electrons. The molecule has 156 valence electrons. The highest BCUT2D eigenvalue weighted by atomic mass is 127. The standard InChI is InChI=1S/C21H26FN5O.HI/c1-5-23-21(25-15(3)16-9-10-19(28-4)18(22)11-16)24-12-17-13-27-14(2)7-6-8-20(27)26-17;/h6-11,13,15H,5,12H2,1-4H3,(H2,23,24,25);1H. The van der Waals surface area contributed by atoms with E-state index >= 15 is 0 Å². The molecule has 29 heavy (non-hydrogen) atoms. The highest BCUT2D eigenvalue weighted by molar-refractivity contribution is 14.0. The van der Waals surface area contributed by atoms with Crippen LogP contribution < -0.4 is 15.4 Å². The first-order chi connectivity index (χ1) is 13.5. The number of fused-ring (bicyclic) bond motifs is 1. The van der Waals surface area contributed by atoms with E-state index in [0.29, 0.717) is 12.5 Å². The molecule has 0 saturated carbocycles. The van der Waals surface area contributed by atoms with Gasteiger partial charge in [-0.25, -0.2) is 14.4 Å². The molecule has 6 nitrogen and oxygen atoms in total. The Bertz CT molecular complexity index is 988. The zero-order chi connectivity index (χ0) is 20.1. The van der Waals surface area contributed by atoms with Crippen LogP contribution in [0.5, 0.6) is 5.75 Å². The number of benzene rings is 1. The van der Waals surface area contributed by atoms with E-state index in [0.717, 1.165) is 29.1 Å². The van der Waals surface area contributed by atoms with Crippen molar-refractivity contribution in [1.82, 2.24) is 20.0 Å². The Morgan fingerprint density at radius 3 is 2.76 bits per heavy atom. The minimum Gasteiger partial charge on any atom is -0.494 e. The van der Waals surface area contributed by atoms with E-state index < -0.39 is 0 Å². The number of hydrogen-bond acceptors (Lipinski definition) is 3. The van der Waals surface area contributed by atoms with Crippen molar-refractivity contribution in [2.45, 2.75) is 33.4 Å². The van der Waals surface area contributed by atoms with Crippen LogP contribution in [0.4, 0.5) is 4.39 Å². The molecule has 0 aliphatic rings. The molecule has 0 fully saturated rings. The number of aryl methyl sites for hydroxylation is 1. The van der Waals surface area contributed by atoms with Crippen molar-refractivity contribution < 1.29 is 9.13 Å². The van der Waals surface area contributed by atoms with Gasteiger partial charge in [-0.05, 0) is 50.6 Å². The van der Waals surface area contributed by atoms with E-state index in [-0.39, 0.29) is 41.6 Å². The number of ether oxygens (including phenoxy) is 1. The van der Waals surface area contributed by atoms with Crippen LogP contribution in [0.25, 0.3) is 5.65 Å². The van der Waals surface area contributed by atoms with Crippen molar-refractivity contribution in [3.05, 3.63) is 65.4 Å². The molecule has 0 bridgehead atoms. The molecule has 2 N–H and O–H groups in total. The summed E-state index contributed by atoms with van der Waals surface area (Å²) in [6.07, 6.45) is 2.00. The fourth-order valence-electron chi connectivity index (χ4n) is 3.00. The molecule has 0 aliphatic carbocycles. The fourth-order valence-corrected chi connectivity index (χ4v) is 3.00. The normalized spacial score (nSPS) is 12.4. The number of imidazole rings is 1. The van der Waals surface area contributed by atoms with Crippen molar-refractivity contribution >= 4 is 35.6 Å². The van der Waals surface area contributed by atoms with Crippen LogP contribution in [-0.4, -0.2) is 29.0 Å². The van der Waals surface area contributed by atoms with E-state index in [1.54, 1.807) is 6.07 Å².